The fraction of sp³-hybridized carbons (Fsp3) is 0.444. The number of piperidine rings is 1. The van der Waals surface area contributed by atoms with Crippen molar-refractivity contribution in [3.8, 4) is 0 Å². The van der Waals surface area contributed by atoms with Gasteiger partial charge < -0.3 is 25.0 Å². The highest BCUT2D eigenvalue weighted by molar-refractivity contribution is 7.91. The van der Waals surface area contributed by atoms with E-state index in [0.29, 0.717) is 56.0 Å². The van der Waals surface area contributed by atoms with Crippen molar-refractivity contribution >= 4 is 27.3 Å². The van der Waals surface area contributed by atoms with E-state index >= 15 is 0 Å². The predicted octanol–water partition coefficient (Wildman–Crippen LogP) is 5.11. The number of amides is 2. The number of likely N-dealkylation sites (tertiary alicyclic amines) is 1. The number of nitrogens with zero attached hydrogens (tertiary/aromatic N) is 2. The zero-order chi connectivity index (χ0) is 35.0. The highest BCUT2D eigenvalue weighted by atomic mass is 32.2. The molecule has 3 aliphatic rings. The Hall–Kier alpha value is -3.94. The van der Waals surface area contributed by atoms with Gasteiger partial charge in [0, 0.05) is 30.3 Å². The number of halogens is 3. The number of rotatable bonds is 9. The number of carbonyl (C=O) groups is 2. The fourth-order valence-electron chi connectivity index (χ4n) is 7.18. The molecule has 2 amide bonds. The van der Waals surface area contributed by atoms with Gasteiger partial charge in [-0.2, -0.15) is 13.2 Å². The molecule has 3 aliphatic heterocycles. The van der Waals surface area contributed by atoms with Crippen LogP contribution in [0.15, 0.2) is 77.7 Å². The number of aliphatic hydroxyl groups is 1. The van der Waals surface area contributed by atoms with Gasteiger partial charge in [-0.3, -0.25) is 9.59 Å². The molecule has 3 saturated heterocycles. The lowest BCUT2D eigenvalue weighted by Gasteiger charge is -2.49. The van der Waals surface area contributed by atoms with Gasteiger partial charge in [-0.1, -0.05) is 31.2 Å². The summed E-state index contributed by atoms with van der Waals surface area (Å²) in [5.74, 6) is -0.595. The summed E-state index contributed by atoms with van der Waals surface area (Å²) >= 11 is 0. The Morgan fingerprint density at radius 1 is 1.00 bits per heavy atom. The normalized spacial score (nSPS) is 21.3. The SMILES string of the molecule is CCS(=O)(=O)c1ccc([C@H](CO)NC(=O)c2ccc(N3CC(c4ccc(C(F)(F)F)cc4)CC[C@H]3C(=O)N3CCCC34COC4)cc2)cc1. The van der Waals surface area contributed by atoms with E-state index < -0.39 is 46.2 Å². The lowest BCUT2D eigenvalue weighted by atomic mass is 9.85. The second-order valence-electron chi connectivity index (χ2n) is 13.1. The lowest BCUT2D eigenvalue weighted by Crippen LogP contribution is -2.64. The zero-order valence-electron chi connectivity index (χ0n) is 27.2. The van der Waals surface area contributed by atoms with E-state index in [4.69, 9.17) is 4.74 Å². The number of sulfone groups is 1. The van der Waals surface area contributed by atoms with E-state index in [-0.39, 0.29) is 28.0 Å². The molecule has 3 heterocycles. The molecule has 1 unspecified atom stereocenters. The second-order valence-corrected chi connectivity index (χ2v) is 15.4. The minimum absolute atomic E-state index is 0.0111. The number of aliphatic hydroxyl groups excluding tert-OH is 1. The van der Waals surface area contributed by atoms with Crippen LogP contribution in [-0.4, -0.2) is 80.5 Å². The monoisotopic (exact) mass is 699 g/mol. The van der Waals surface area contributed by atoms with E-state index in [1.54, 1.807) is 43.3 Å². The molecule has 2 N–H and O–H groups in total. The van der Waals surface area contributed by atoms with E-state index in [1.165, 1.54) is 24.3 Å². The second kappa shape index (κ2) is 13.8. The smallest absolute Gasteiger partial charge is 0.394 e. The maximum absolute atomic E-state index is 14.1. The van der Waals surface area contributed by atoms with Crippen molar-refractivity contribution in [2.45, 2.75) is 67.2 Å². The van der Waals surface area contributed by atoms with E-state index in [0.717, 1.165) is 30.5 Å². The van der Waals surface area contributed by atoms with Crippen molar-refractivity contribution in [3.63, 3.8) is 0 Å². The van der Waals surface area contributed by atoms with Gasteiger partial charge in [0.15, 0.2) is 9.84 Å². The molecule has 262 valence electrons. The Morgan fingerprint density at radius 3 is 2.24 bits per heavy atom. The maximum Gasteiger partial charge on any atom is 0.416 e. The average Bonchev–Trinajstić information content (AvgIpc) is 3.56. The van der Waals surface area contributed by atoms with Crippen LogP contribution in [0, 0.1) is 0 Å². The molecule has 3 aromatic carbocycles. The first-order valence-corrected chi connectivity index (χ1v) is 18.2. The minimum atomic E-state index is -4.43. The van der Waals surface area contributed by atoms with Gasteiger partial charge in [0.1, 0.15) is 6.04 Å². The molecule has 3 atom stereocenters. The maximum atomic E-state index is 14.1. The first kappa shape index (κ1) is 34.9. The summed E-state index contributed by atoms with van der Waals surface area (Å²) in [6.45, 7) is 3.23. The summed E-state index contributed by atoms with van der Waals surface area (Å²) in [6.07, 6.45) is -1.50. The molecule has 3 aromatic rings. The van der Waals surface area contributed by atoms with Crippen LogP contribution in [0.25, 0.3) is 0 Å². The number of benzene rings is 3. The molecule has 6 rings (SSSR count). The Labute approximate surface area is 284 Å². The van der Waals surface area contributed by atoms with Gasteiger partial charge >= 0.3 is 6.18 Å². The molecular formula is C36H40F3N3O6S. The fourth-order valence-corrected chi connectivity index (χ4v) is 8.07. The number of nitrogens with one attached hydrogen (secondary N) is 1. The first-order chi connectivity index (χ1) is 23.3. The molecule has 0 radical (unpaired) electrons. The molecule has 1 spiro atoms. The van der Waals surface area contributed by atoms with Gasteiger partial charge in [0.05, 0.1) is 47.6 Å². The van der Waals surface area contributed by atoms with Crippen LogP contribution in [-0.2, 0) is 25.5 Å². The largest absolute Gasteiger partial charge is 0.416 e. The summed E-state index contributed by atoms with van der Waals surface area (Å²) in [6, 6.07) is 16.8. The summed E-state index contributed by atoms with van der Waals surface area (Å²) in [5, 5.41) is 12.8. The third-order valence-corrected chi connectivity index (χ3v) is 11.9. The number of hydrogen-bond donors (Lipinski definition) is 2. The van der Waals surface area contributed by atoms with Crippen LogP contribution in [0.4, 0.5) is 18.9 Å². The number of carbonyl (C=O) groups excluding carboxylic acids is 2. The molecular weight excluding hydrogens is 659 g/mol. The highest BCUT2D eigenvalue weighted by Gasteiger charge is 2.51. The standard InChI is InChI=1S/C36H40F3N3O6S/c1-2-49(46,47)30-15-8-25(9-16-30)31(21-43)40-33(44)26-6-13-29(14-7-26)41-20-27(24-4-11-28(12-5-24)36(37,38)39)10-17-32(41)34(45)42-19-3-18-35(42)22-48-23-35/h4-9,11-16,27,31-32,43H,2-3,10,17-23H2,1H3,(H,40,44)/t27?,31-,32-/m0/s1. The Balaban J connectivity index is 1.21. The van der Waals surface area contributed by atoms with Crippen LogP contribution in [0.5, 0.6) is 0 Å². The van der Waals surface area contributed by atoms with Crippen molar-refractivity contribution in [2.75, 3.05) is 43.6 Å². The third-order valence-electron chi connectivity index (χ3n) is 10.2. The Kier molecular flexibility index (Phi) is 9.80. The molecule has 3 fully saturated rings. The minimum Gasteiger partial charge on any atom is -0.394 e. The van der Waals surface area contributed by atoms with Gasteiger partial charge in [-0.15, -0.1) is 0 Å². The highest BCUT2D eigenvalue weighted by Crippen LogP contribution is 2.40. The molecule has 13 heteroatoms. The number of anilines is 1. The molecule has 0 aliphatic carbocycles. The summed E-state index contributed by atoms with van der Waals surface area (Å²) in [5.41, 5.74) is 1.34. The van der Waals surface area contributed by atoms with Crippen molar-refractivity contribution < 1.29 is 41.0 Å². The number of hydrogen-bond acceptors (Lipinski definition) is 7. The molecule has 0 bridgehead atoms. The van der Waals surface area contributed by atoms with E-state index in [2.05, 4.69) is 5.32 Å². The molecule has 9 nitrogen and oxygen atoms in total. The molecule has 49 heavy (non-hydrogen) atoms. The quantitative estimate of drug-likeness (QED) is 0.319. The van der Waals surface area contributed by atoms with Crippen LogP contribution in [0.1, 0.15) is 71.6 Å². The van der Waals surface area contributed by atoms with Gasteiger partial charge in [-0.25, -0.2) is 8.42 Å². The molecule has 0 aromatic heterocycles. The van der Waals surface area contributed by atoms with Gasteiger partial charge in [-0.05, 0) is 85.3 Å². The Bertz CT molecular complexity index is 1760. The summed E-state index contributed by atoms with van der Waals surface area (Å²) < 4.78 is 69.6. The zero-order valence-corrected chi connectivity index (χ0v) is 28.0. The van der Waals surface area contributed by atoms with Crippen molar-refractivity contribution in [3.05, 3.63) is 95.1 Å². The number of alkyl halides is 3. The van der Waals surface area contributed by atoms with Crippen molar-refractivity contribution in [1.82, 2.24) is 10.2 Å². The topological polar surface area (TPSA) is 116 Å². The Morgan fingerprint density at radius 2 is 1.67 bits per heavy atom. The predicted molar refractivity (Wildman–Crippen MR) is 177 cm³/mol. The van der Waals surface area contributed by atoms with Crippen LogP contribution < -0.4 is 10.2 Å². The van der Waals surface area contributed by atoms with E-state index in [9.17, 15) is 36.3 Å². The lowest BCUT2D eigenvalue weighted by molar-refractivity contribution is -0.160. The summed E-state index contributed by atoms with van der Waals surface area (Å²) in [7, 11) is -3.40. The molecule has 0 saturated carbocycles. The van der Waals surface area contributed by atoms with Gasteiger partial charge in [0.25, 0.3) is 5.91 Å². The van der Waals surface area contributed by atoms with Crippen LogP contribution in [0.2, 0.25) is 0 Å². The van der Waals surface area contributed by atoms with Gasteiger partial charge in [0.2, 0.25) is 5.91 Å². The van der Waals surface area contributed by atoms with E-state index in [1.807, 2.05) is 9.80 Å². The van der Waals surface area contributed by atoms with Crippen LogP contribution >= 0.6 is 0 Å². The van der Waals surface area contributed by atoms with Crippen LogP contribution in [0.3, 0.4) is 0 Å². The first-order valence-electron chi connectivity index (χ1n) is 16.5. The third kappa shape index (κ3) is 7.06. The van der Waals surface area contributed by atoms with Crippen molar-refractivity contribution in [1.29, 1.82) is 0 Å². The summed E-state index contributed by atoms with van der Waals surface area (Å²) in [4.78, 5) is 31.5. The average molecular weight is 700 g/mol. The number of ether oxygens (including phenoxy) is 1. The van der Waals surface area contributed by atoms with Crippen molar-refractivity contribution in [2.24, 2.45) is 0 Å².